The topological polar surface area (TPSA) is 119 Å². The van der Waals surface area contributed by atoms with E-state index in [1.807, 2.05) is 6.92 Å². The standard InChI is InChI=1S/C27H23ClN2O7S/c1-4-36-24-14-18(8-12-23(24)37-38(34,35)20-10-5-16(2)6-11-20)13-21-25(31)29-27(33)30(26(21)32)22-15-19(28)9-7-17(22)3/h5-15H,4H2,1-3H3,(H,29,31,33)/b21-13+. The number of rotatable bonds is 7. The average molecular weight is 555 g/mol. The zero-order chi connectivity index (χ0) is 27.6. The lowest BCUT2D eigenvalue weighted by molar-refractivity contribution is -0.122. The highest BCUT2D eigenvalue weighted by atomic mass is 35.5. The summed E-state index contributed by atoms with van der Waals surface area (Å²) in [6, 6.07) is 14.3. The summed E-state index contributed by atoms with van der Waals surface area (Å²) in [6.07, 6.45) is 1.28. The van der Waals surface area contributed by atoms with E-state index in [1.165, 1.54) is 42.5 Å². The highest BCUT2D eigenvalue weighted by Crippen LogP contribution is 2.33. The third-order valence-electron chi connectivity index (χ3n) is 5.60. The maximum atomic E-state index is 13.3. The van der Waals surface area contributed by atoms with Crippen molar-refractivity contribution in [2.24, 2.45) is 0 Å². The molecule has 0 atom stereocenters. The molecule has 3 aromatic carbocycles. The molecule has 4 amide bonds. The number of anilines is 1. The van der Waals surface area contributed by atoms with E-state index in [-0.39, 0.29) is 34.3 Å². The summed E-state index contributed by atoms with van der Waals surface area (Å²) in [5.41, 5.74) is 1.75. The minimum absolute atomic E-state index is 0.0257. The Morgan fingerprint density at radius 2 is 1.66 bits per heavy atom. The van der Waals surface area contributed by atoms with Gasteiger partial charge in [-0.2, -0.15) is 8.42 Å². The molecule has 1 N–H and O–H groups in total. The zero-order valence-corrected chi connectivity index (χ0v) is 22.2. The monoisotopic (exact) mass is 554 g/mol. The molecular weight excluding hydrogens is 532 g/mol. The van der Waals surface area contributed by atoms with Crippen LogP contribution >= 0.6 is 11.6 Å². The summed E-state index contributed by atoms with van der Waals surface area (Å²) in [5, 5.41) is 2.47. The second-order valence-corrected chi connectivity index (χ2v) is 10.4. The van der Waals surface area contributed by atoms with Gasteiger partial charge in [0.25, 0.3) is 11.8 Å². The smallest absolute Gasteiger partial charge is 0.339 e. The number of benzene rings is 3. The lowest BCUT2D eigenvalue weighted by Crippen LogP contribution is -2.54. The largest absolute Gasteiger partial charge is 0.490 e. The van der Waals surface area contributed by atoms with E-state index in [2.05, 4.69) is 5.32 Å². The van der Waals surface area contributed by atoms with Gasteiger partial charge in [-0.05, 0) is 74.4 Å². The van der Waals surface area contributed by atoms with Gasteiger partial charge < -0.3 is 8.92 Å². The van der Waals surface area contributed by atoms with Gasteiger partial charge in [0.2, 0.25) is 0 Å². The van der Waals surface area contributed by atoms with E-state index in [4.69, 9.17) is 20.5 Å². The molecule has 1 aliphatic heterocycles. The number of halogens is 1. The molecule has 0 unspecified atom stereocenters. The highest BCUT2D eigenvalue weighted by Gasteiger charge is 2.37. The molecule has 0 radical (unpaired) electrons. The Labute approximate surface area is 224 Å². The predicted molar refractivity (Wildman–Crippen MR) is 142 cm³/mol. The Morgan fingerprint density at radius 1 is 0.947 bits per heavy atom. The average Bonchev–Trinajstić information content (AvgIpc) is 2.85. The Balaban J connectivity index is 1.69. The first-order valence-electron chi connectivity index (χ1n) is 11.5. The van der Waals surface area contributed by atoms with Crippen molar-refractivity contribution in [1.29, 1.82) is 0 Å². The van der Waals surface area contributed by atoms with Crippen molar-refractivity contribution >= 4 is 51.3 Å². The Kier molecular flexibility index (Phi) is 7.56. The first-order chi connectivity index (χ1) is 18.0. The summed E-state index contributed by atoms with van der Waals surface area (Å²) in [4.78, 5) is 39.2. The minimum Gasteiger partial charge on any atom is -0.490 e. The molecule has 0 saturated carbocycles. The van der Waals surface area contributed by atoms with Crippen molar-refractivity contribution in [3.63, 3.8) is 0 Å². The van der Waals surface area contributed by atoms with Crippen LogP contribution in [-0.4, -0.2) is 32.9 Å². The number of carbonyl (C=O) groups excluding carboxylic acids is 3. The molecule has 1 saturated heterocycles. The quantitative estimate of drug-likeness (QED) is 0.253. The zero-order valence-electron chi connectivity index (χ0n) is 20.6. The van der Waals surface area contributed by atoms with Gasteiger partial charge in [0.05, 0.1) is 12.3 Å². The van der Waals surface area contributed by atoms with E-state index in [0.717, 1.165) is 10.5 Å². The molecule has 1 heterocycles. The number of carbonyl (C=O) groups is 3. The van der Waals surface area contributed by atoms with E-state index >= 15 is 0 Å². The van der Waals surface area contributed by atoms with Gasteiger partial charge in [-0.3, -0.25) is 14.9 Å². The first-order valence-corrected chi connectivity index (χ1v) is 13.2. The van der Waals surface area contributed by atoms with E-state index in [0.29, 0.717) is 16.1 Å². The molecule has 1 aliphatic rings. The second kappa shape index (κ2) is 10.7. The molecule has 1 fully saturated rings. The van der Waals surface area contributed by atoms with Gasteiger partial charge in [0.1, 0.15) is 10.5 Å². The van der Waals surface area contributed by atoms with Gasteiger partial charge in [0, 0.05) is 5.02 Å². The Hall–Kier alpha value is -4.15. The molecule has 9 nitrogen and oxygen atoms in total. The molecular formula is C27H23ClN2O7S. The summed E-state index contributed by atoms with van der Waals surface area (Å²) in [6.45, 7) is 5.43. The SMILES string of the molecule is CCOc1cc(/C=C2\C(=O)NC(=O)N(c3cc(Cl)ccc3C)C2=O)ccc1OS(=O)(=O)c1ccc(C)cc1. The molecule has 11 heteroatoms. The van der Waals surface area contributed by atoms with Crippen LogP contribution in [0.3, 0.4) is 0 Å². The van der Waals surface area contributed by atoms with E-state index in [1.54, 1.807) is 38.1 Å². The molecule has 3 aromatic rings. The number of urea groups is 1. The molecule has 4 rings (SSSR count). The number of barbiturate groups is 1. The van der Waals surface area contributed by atoms with E-state index < -0.39 is 28.0 Å². The van der Waals surface area contributed by atoms with Crippen LogP contribution in [0.25, 0.3) is 6.08 Å². The van der Waals surface area contributed by atoms with Crippen LogP contribution in [0.1, 0.15) is 23.6 Å². The molecule has 196 valence electrons. The first kappa shape index (κ1) is 26.9. The fraction of sp³-hybridized carbons (Fsp3) is 0.148. The number of amides is 4. The summed E-state index contributed by atoms with van der Waals surface area (Å²) in [7, 11) is -4.15. The van der Waals surface area contributed by atoms with Crippen molar-refractivity contribution in [3.8, 4) is 11.5 Å². The van der Waals surface area contributed by atoms with Crippen molar-refractivity contribution in [3.05, 3.63) is 87.9 Å². The van der Waals surface area contributed by atoms with Crippen molar-refractivity contribution in [2.45, 2.75) is 25.7 Å². The lowest BCUT2D eigenvalue weighted by atomic mass is 10.1. The predicted octanol–water partition coefficient (Wildman–Crippen LogP) is 4.79. The Morgan fingerprint density at radius 3 is 2.34 bits per heavy atom. The number of nitrogens with one attached hydrogen (secondary N) is 1. The number of hydrogen-bond donors (Lipinski definition) is 1. The van der Waals surface area contributed by atoms with Crippen molar-refractivity contribution in [1.82, 2.24) is 5.32 Å². The third-order valence-corrected chi connectivity index (χ3v) is 7.09. The number of aryl methyl sites for hydroxylation is 2. The van der Waals surface area contributed by atoms with E-state index in [9.17, 15) is 22.8 Å². The molecule has 0 spiro atoms. The number of hydrogen-bond acceptors (Lipinski definition) is 7. The second-order valence-electron chi connectivity index (χ2n) is 8.38. The third kappa shape index (κ3) is 5.56. The number of nitrogens with zero attached hydrogens (tertiary/aromatic N) is 1. The minimum atomic E-state index is -4.15. The number of ether oxygens (including phenoxy) is 1. The number of imide groups is 2. The maximum Gasteiger partial charge on any atom is 0.339 e. The fourth-order valence-electron chi connectivity index (χ4n) is 3.69. The molecule has 38 heavy (non-hydrogen) atoms. The Bertz CT molecular complexity index is 1580. The van der Waals surface area contributed by atoms with Gasteiger partial charge in [-0.1, -0.05) is 41.4 Å². The normalized spacial score (nSPS) is 15.0. The molecule has 0 aliphatic carbocycles. The highest BCUT2D eigenvalue weighted by molar-refractivity contribution is 7.87. The van der Waals surface area contributed by atoms with Crippen LogP contribution in [0.2, 0.25) is 5.02 Å². The van der Waals surface area contributed by atoms with Crippen molar-refractivity contribution < 1.29 is 31.7 Å². The van der Waals surface area contributed by atoms with Crippen LogP contribution in [0.4, 0.5) is 10.5 Å². The van der Waals surface area contributed by atoms with Crippen LogP contribution < -0.4 is 19.1 Å². The van der Waals surface area contributed by atoms with Gasteiger partial charge in [0.15, 0.2) is 11.5 Å². The van der Waals surface area contributed by atoms with Crippen LogP contribution in [0.5, 0.6) is 11.5 Å². The van der Waals surface area contributed by atoms with Crippen molar-refractivity contribution in [2.75, 3.05) is 11.5 Å². The summed E-state index contributed by atoms with van der Waals surface area (Å²) in [5.74, 6) is -1.71. The summed E-state index contributed by atoms with van der Waals surface area (Å²) < 4.78 is 36.5. The van der Waals surface area contributed by atoms with Gasteiger partial charge >= 0.3 is 16.1 Å². The maximum absolute atomic E-state index is 13.3. The van der Waals surface area contributed by atoms with Gasteiger partial charge in [-0.25, -0.2) is 9.69 Å². The summed E-state index contributed by atoms with van der Waals surface area (Å²) >= 11 is 6.06. The lowest BCUT2D eigenvalue weighted by Gasteiger charge is -2.27. The fourth-order valence-corrected chi connectivity index (χ4v) is 4.80. The molecule has 0 aromatic heterocycles. The van der Waals surface area contributed by atoms with Crippen LogP contribution in [0.15, 0.2) is 71.1 Å². The van der Waals surface area contributed by atoms with Crippen LogP contribution in [0, 0.1) is 13.8 Å². The van der Waals surface area contributed by atoms with Crippen LogP contribution in [-0.2, 0) is 19.7 Å². The van der Waals surface area contributed by atoms with Gasteiger partial charge in [-0.15, -0.1) is 0 Å². The molecule has 0 bridgehead atoms.